The number of carbonyl (C=O) groups excluding carboxylic acids is 5. The third-order valence-corrected chi connectivity index (χ3v) is 15.7. The number of likely N-dealkylation sites (N-methyl/N-ethyl adjacent to an activating group) is 1. The van der Waals surface area contributed by atoms with Crippen LogP contribution >= 0.6 is 33.2 Å². The van der Waals surface area contributed by atoms with Crippen molar-refractivity contribution in [2.24, 2.45) is 11.8 Å². The molecule has 3 aliphatic rings. The number of halogens is 1. The molecule has 5 N–H and O–H groups in total. The summed E-state index contributed by atoms with van der Waals surface area (Å²) >= 11 is 6.76. The molecule has 3 heterocycles. The monoisotopic (exact) mass is 910 g/mol. The number of esters is 1. The zero-order valence-electron chi connectivity index (χ0n) is 36.6. The van der Waals surface area contributed by atoms with Crippen molar-refractivity contribution in [1.29, 1.82) is 0 Å². The van der Waals surface area contributed by atoms with E-state index in [9.17, 15) is 39.3 Å². The number of hydrogen-bond donors (Lipinski definition) is 5. The van der Waals surface area contributed by atoms with E-state index in [4.69, 9.17) is 25.8 Å². The molecule has 2 saturated heterocycles. The topological polar surface area (TPSA) is 208 Å². The van der Waals surface area contributed by atoms with Crippen molar-refractivity contribution in [2.45, 2.75) is 134 Å². The van der Waals surface area contributed by atoms with Crippen LogP contribution in [0.1, 0.15) is 91.2 Å². The van der Waals surface area contributed by atoms with Crippen LogP contribution in [0.4, 0.5) is 10.5 Å². The number of nitrogens with zero attached hydrogens (tertiary/aromatic N) is 2. The van der Waals surface area contributed by atoms with Gasteiger partial charge in [-0.15, -0.1) is 0 Å². The number of alkyl carbamates (subject to hydrolysis) is 1. The first-order chi connectivity index (χ1) is 28.6. The number of rotatable bonds is 14. The standard InChI is InChI=1S/C43H63ClN4O11S2/c1-25-12-10-13-30(24-50)43(56)22-32(57-40(55)46-43)26(2)38-42(6,59-38)33(21-36(53)48(9)31-20-28(18-25)19-29(23-49)37(31)44)58-39(54)27(3)47(8)35(52)15-16-41(4,5)61-60-17-11-14-34(51)45-7/h10,12-13,19-20,26-27,30,32-33,38,49-50,56H,11,14-18,21-24H2,1-9H3,(H,45,51)(H,46,55)/b13-10+,25-12+/t26-,27+,30+,32+,33+,38+,42+,43+/m1/s1. The highest BCUT2D eigenvalue weighted by atomic mass is 35.5. The van der Waals surface area contributed by atoms with Crippen molar-refractivity contribution < 1.29 is 53.5 Å². The maximum absolute atomic E-state index is 14.2. The minimum Gasteiger partial charge on any atom is -0.457 e. The van der Waals surface area contributed by atoms with Gasteiger partial charge in [0.25, 0.3) is 0 Å². The van der Waals surface area contributed by atoms with Crippen molar-refractivity contribution in [3.8, 4) is 0 Å². The number of benzene rings is 1. The fourth-order valence-corrected chi connectivity index (χ4v) is 10.5. The molecule has 3 aliphatic heterocycles. The number of carbonyl (C=O) groups is 5. The summed E-state index contributed by atoms with van der Waals surface area (Å²) in [6.07, 6.45) is 3.22. The van der Waals surface area contributed by atoms with Crippen LogP contribution in [0, 0.1) is 11.8 Å². The molecule has 0 unspecified atom stereocenters. The summed E-state index contributed by atoms with van der Waals surface area (Å²) in [7, 11) is 7.97. The number of ether oxygens (including phenoxy) is 3. The Morgan fingerprint density at radius 3 is 2.57 bits per heavy atom. The van der Waals surface area contributed by atoms with Crippen LogP contribution in [0.5, 0.6) is 0 Å². The number of fused-ring (bicyclic) bond motifs is 5. The second-order valence-electron chi connectivity index (χ2n) is 17.1. The van der Waals surface area contributed by atoms with Crippen molar-refractivity contribution in [3.05, 3.63) is 52.1 Å². The molecule has 2 fully saturated rings. The van der Waals surface area contributed by atoms with E-state index in [1.54, 1.807) is 86.8 Å². The highest BCUT2D eigenvalue weighted by Crippen LogP contribution is 2.49. The molecule has 0 aliphatic carbocycles. The average Bonchev–Trinajstić information content (AvgIpc) is 3.91. The van der Waals surface area contributed by atoms with Gasteiger partial charge in [0.2, 0.25) is 17.7 Å². The van der Waals surface area contributed by atoms with E-state index >= 15 is 0 Å². The third kappa shape index (κ3) is 12.9. The quantitative estimate of drug-likeness (QED) is 0.0718. The van der Waals surface area contributed by atoms with Gasteiger partial charge >= 0.3 is 12.1 Å². The Kier molecular flexibility index (Phi) is 17.6. The van der Waals surface area contributed by atoms with Crippen LogP contribution in [0.25, 0.3) is 0 Å². The lowest BCUT2D eigenvalue weighted by atomic mass is 9.81. The molecule has 340 valence electrons. The highest BCUT2D eigenvalue weighted by Gasteiger charge is 2.64. The van der Waals surface area contributed by atoms with E-state index in [0.29, 0.717) is 30.5 Å². The Hall–Kier alpha value is -3.32. The minimum atomic E-state index is -1.88. The van der Waals surface area contributed by atoms with E-state index in [2.05, 4.69) is 10.6 Å². The van der Waals surface area contributed by atoms with Gasteiger partial charge in [-0.2, -0.15) is 0 Å². The number of nitrogens with one attached hydrogen (secondary N) is 2. The SMILES string of the molecule is CNC(=O)CCCSSC(C)(C)CCC(=O)N(C)[C@@H](C)C(=O)O[C@H]1CC(=O)N(C)c2cc(cc(CO)c2Cl)C/C(C)=C/C=C/[C@@H](CO)[C@@]2(O)C[C@H](OC(=O)N2)[C@@H](C)[C@@H]2O[C@@]12C. The van der Waals surface area contributed by atoms with Gasteiger partial charge in [0.1, 0.15) is 23.9 Å². The first-order valence-electron chi connectivity index (χ1n) is 20.6. The molecule has 18 heteroatoms. The molecular formula is C43H63ClN4O11S2. The largest absolute Gasteiger partial charge is 0.457 e. The van der Waals surface area contributed by atoms with Gasteiger partial charge in [0, 0.05) is 62.7 Å². The molecule has 0 saturated carbocycles. The average molecular weight is 912 g/mol. The molecule has 15 nitrogen and oxygen atoms in total. The summed E-state index contributed by atoms with van der Waals surface area (Å²) in [5.74, 6) is -2.22. The first kappa shape index (κ1) is 50.3. The van der Waals surface area contributed by atoms with E-state index in [0.717, 1.165) is 23.3 Å². The van der Waals surface area contributed by atoms with Crippen LogP contribution in [-0.2, 0) is 46.4 Å². The number of epoxide rings is 1. The maximum atomic E-state index is 14.2. The number of aliphatic hydroxyl groups is 3. The molecule has 8 atom stereocenters. The summed E-state index contributed by atoms with van der Waals surface area (Å²) < 4.78 is 17.8. The number of hydrogen-bond acceptors (Lipinski definition) is 13. The van der Waals surface area contributed by atoms with Crippen molar-refractivity contribution >= 4 is 68.7 Å². The Bertz CT molecular complexity index is 1850. The number of amides is 4. The normalized spacial score (nSPS) is 28.9. The summed E-state index contributed by atoms with van der Waals surface area (Å²) in [6.45, 7) is 10.1. The summed E-state index contributed by atoms with van der Waals surface area (Å²) in [5, 5.41) is 37.6. The van der Waals surface area contributed by atoms with Crippen LogP contribution in [0.2, 0.25) is 5.02 Å². The second kappa shape index (κ2) is 21.4. The lowest BCUT2D eigenvalue weighted by molar-refractivity contribution is -0.162. The summed E-state index contributed by atoms with van der Waals surface area (Å²) in [6, 6.07) is 2.46. The molecule has 0 aromatic heterocycles. The van der Waals surface area contributed by atoms with Gasteiger partial charge in [-0.1, -0.05) is 70.0 Å². The van der Waals surface area contributed by atoms with E-state index in [1.807, 2.05) is 20.8 Å². The van der Waals surface area contributed by atoms with Crippen molar-refractivity contribution in [2.75, 3.05) is 38.4 Å². The Balaban J connectivity index is 1.60. The fourth-order valence-electron chi connectivity index (χ4n) is 7.55. The van der Waals surface area contributed by atoms with Gasteiger partial charge in [0.15, 0.2) is 5.72 Å². The first-order valence-corrected chi connectivity index (χ1v) is 23.3. The predicted octanol–water partition coefficient (Wildman–Crippen LogP) is 5.06. The van der Waals surface area contributed by atoms with E-state index < -0.39 is 72.1 Å². The number of aliphatic hydroxyl groups excluding tert-OH is 2. The molecule has 0 radical (unpaired) electrons. The molecular weight excluding hydrogens is 848 g/mol. The fraction of sp³-hybridized carbons (Fsp3) is 0.651. The molecule has 4 amide bonds. The summed E-state index contributed by atoms with van der Waals surface area (Å²) in [4.78, 5) is 68.8. The van der Waals surface area contributed by atoms with Gasteiger partial charge in [-0.3, -0.25) is 19.7 Å². The Morgan fingerprint density at radius 2 is 1.92 bits per heavy atom. The molecule has 1 aromatic carbocycles. The zero-order chi connectivity index (χ0) is 45.4. The lowest BCUT2D eigenvalue weighted by Crippen LogP contribution is -2.62. The number of allylic oxidation sites excluding steroid dienone is 3. The second-order valence-corrected chi connectivity index (χ2v) is 20.6. The molecule has 1 aromatic rings. The van der Waals surface area contributed by atoms with Crippen LogP contribution in [0.15, 0.2) is 35.9 Å². The van der Waals surface area contributed by atoms with Crippen LogP contribution in [0.3, 0.4) is 0 Å². The van der Waals surface area contributed by atoms with E-state index in [1.165, 1.54) is 16.8 Å². The van der Waals surface area contributed by atoms with Crippen LogP contribution in [-0.4, -0.2) is 124 Å². The van der Waals surface area contributed by atoms with E-state index in [-0.39, 0.29) is 47.5 Å². The zero-order valence-corrected chi connectivity index (χ0v) is 39.0. The lowest BCUT2D eigenvalue weighted by Gasteiger charge is -2.42. The maximum Gasteiger partial charge on any atom is 0.409 e. The Morgan fingerprint density at radius 1 is 1.21 bits per heavy atom. The summed E-state index contributed by atoms with van der Waals surface area (Å²) in [5.41, 5.74) is -0.798. The van der Waals surface area contributed by atoms with Gasteiger partial charge in [0.05, 0.1) is 36.4 Å². The highest BCUT2D eigenvalue weighted by molar-refractivity contribution is 8.77. The van der Waals surface area contributed by atoms with Gasteiger partial charge in [-0.05, 0) is 71.1 Å². The molecule has 4 bridgehead atoms. The number of anilines is 1. The van der Waals surface area contributed by atoms with Crippen molar-refractivity contribution in [3.63, 3.8) is 0 Å². The molecule has 0 spiro atoms. The van der Waals surface area contributed by atoms with Crippen LogP contribution < -0.4 is 15.5 Å². The molecule has 61 heavy (non-hydrogen) atoms. The predicted molar refractivity (Wildman–Crippen MR) is 237 cm³/mol. The van der Waals surface area contributed by atoms with Crippen molar-refractivity contribution in [1.82, 2.24) is 15.5 Å². The smallest absolute Gasteiger partial charge is 0.409 e. The van der Waals surface area contributed by atoms with Gasteiger partial charge < -0.3 is 44.6 Å². The minimum absolute atomic E-state index is 0.00369. The molecule has 4 rings (SSSR count). The van der Waals surface area contributed by atoms with Gasteiger partial charge in [-0.25, -0.2) is 9.59 Å². The third-order valence-electron chi connectivity index (χ3n) is 11.9. The Labute approximate surface area is 372 Å².